The van der Waals surface area contributed by atoms with Crippen LogP contribution < -0.4 is 5.44 Å². The summed E-state index contributed by atoms with van der Waals surface area (Å²) in [5, 5.41) is 9.15. The van der Waals surface area contributed by atoms with Crippen LogP contribution in [0.15, 0.2) is 29.4 Å². The van der Waals surface area contributed by atoms with Crippen molar-refractivity contribution in [3.63, 3.8) is 0 Å². The van der Waals surface area contributed by atoms with Crippen LogP contribution in [0.1, 0.15) is 34.9 Å². The Balaban J connectivity index is 0.000000785. The van der Waals surface area contributed by atoms with E-state index in [1.165, 1.54) is 6.26 Å². The van der Waals surface area contributed by atoms with Crippen LogP contribution in [0, 0.1) is 13.8 Å². The molecule has 0 saturated carbocycles. The van der Waals surface area contributed by atoms with Crippen molar-refractivity contribution in [2.24, 2.45) is 7.05 Å². The highest BCUT2D eigenvalue weighted by Crippen LogP contribution is 2.30. The molecule has 2 heterocycles. The Hall–Kier alpha value is -1.73. The first-order valence-electron chi connectivity index (χ1n) is 9.75. The molecule has 10 heteroatoms. The Morgan fingerprint density at radius 2 is 1.87 bits per heavy atom. The van der Waals surface area contributed by atoms with E-state index in [1.807, 2.05) is 38.7 Å². The van der Waals surface area contributed by atoms with Crippen LogP contribution in [-0.2, 0) is 34.6 Å². The zero-order chi connectivity index (χ0) is 23.3. The summed E-state index contributed by atoms with van der Waals surface area (Å²) in [4.78, 5) is 0.235. The Kier molecular flexibility index (Phi) is 8.83. The van der Waals surface area contributed by atoms with E-state index in [1.54, 1.807) is 30.1 Å². The molecule has 170 valence electrons. The lowest BCUT2D eigenvalue weighted by Crippen LogP contribution is -2.12. The lowest BCUT2D eigenvalue weighted by atomic mass is 10.0. The third-order valence-electron chi connectivity index (χ3n) is 4.81. The summed E-state index contributed by atoms with van der Waals surface area (Å²) < 4.78 is 32.6. The van der Waals surface area contributed by atoms with Gasteiger partial charge in [-0.1, -0.05) is 26.9 Å². The van der Waals surface area contributed by atoms with Gasteiger partial charge in [-0.05, 0) is 38.0 Å². The van der Waals surface area contributed by atoms with Crippen molar-refractivity contribution in [1.82, 2.24) is 19.6 Å². The number of hydrogen-bond acceptors (Lipinski definition) is 5. The van der Waals surface area contributed by atoms with Crippen LogP contribution in [0.2, 0.25) is 5.02 Å². The molecule has 31 heavy (non-hydrogen) atoms. The fourth-order valence-electron chi connectivity index (χ4n) is 3.13. The number of sulfone groups is 1. The van der Waals surface area contributed by atoms with Gasteiger partial charge in [0.15, 0.2) is 9.84 Å². The van der Waals surface area contributed by atoms with E-state index in [2.05, 4.69) is 24.2 Å². The van der Waals surface area contributed by atoms with Crippen molar-refractivity contribution in [1.29, 1.82) is 0 Å². The number of aromatic nitrogens is 4. The van der Waals surface area contributed by atoms with E-state index in [-0.39, 0.29) is 4.90 Å². The number of aryl methyl sites for hydroxylation is 3. The zero-order valence-electron chi connectivity index (χ0n) is 18.8. The normalized spacial score (nSPS) is 11.4. The lowest BCUT2D eigenvalue weighted by Gasteiger charge is -2.15. The summed E-state index contributed by atoms with van der Waals surface area (Å²) in [6.07, 6.45) is 5.37. The molecule has 0 bridgehead atoms. The van der Waals surface area contributed by atoms with Crippen LogP contribution in [0.5, 0.6) is 0 Å². The van der Waals surface area contributed by atoms with Gasteiger partial charge in [0.05, 0.1) is 33.8 Å². The van der Waals surface area contributed by atoms with Gasteiger partial charge in [0.25, 0.3) is 0 Å². The van der Waals surface area contributed by atoms with Gasteiger partial charge in [-0.3, -0.25) is 9.36 Å². The van der Waals surface area contributed by atoms with Crippen molar-refractivity contribution in [2.45, 2.75) is 38.6 Å². The van der Waals surface area contributed by atoms with Crippen LogP contribution in [-0.4, -0.2) is 48.0 Å². The van der Waals surface area contributed by atoms with E-state index >= 15 is 0 Å². The molecule has 0 aliphatic carbocycles. The molecule has 0 amide bonds. The van der Waals surface area contributed by atoms with E-state index in [9.17, 15) is 8.42 Å². The first-order chi connectivity index (χ1) is 14.5. The molecule has 0 radical (unpaired) electrons. The number of rotatable bonds is 6. The van der Waals surface area contributed by atoms with Crippen molar-refractivity contribution in [2.75, 3.05) is 20.0 Å². The predicted octanol–water partition coefficient (Wildman–Crippen LogP) is 3.08. The molecule has 0 saturated heterocycles. The van der Waals surface area contributed by atoms with Crippen LogP contribution in [0.25, 0.3) is 0 Å². The summed E-state index contributed by atoms with van der Waals surface area (Å²) in [6.45, 7) is 6.96. The largest absolute Gasteiger partial charge is 0.385 e. The van der Waals surface area contributed by atoms with Crippen molar-refractivity contribution in [3.05, 3.63) is 57.5 Å². The minimum Gasteiger partial charge on any atom is -0.385 e. The van der Waals surface area contributed by atoms with E-state index in [4.69, 9.17) is 11.6 Å². The maximum absolute atomic E-state index is 12.3. The molecule has 3 rings (SSSR count). The minimum atomic E-state index is -3.42. The fourth-order valence-corrected chi connectivity index (χ4v) is 4.77. The highest BCUT2D eigenvalue weighted by atomic mass is 35.5. The average Bonchev–Trinajstić information content (AvgIpc) is 3.21. The SMILES string of the molecule is CCOC.Cc1cnn(Cc2c(S(C)(=O)=O)ccc(Cc3c(C)nn(C)c3P)c2Cl)c1. The smallest absolute Gasteiger partial charge is 0.175 e. The standard InChI is InChI=1S/C18H22ClN4O2PS.C3H8O/c1-11-8-20-23(9-11)10-15-16(27(4,24)25)6-5-13(17(15)19)7-14-12(2)21-22(3)18(14)26;1-3-4-2/h5-6,8-9H,7,10,26H2,1-4H3;3H2,1-2H3. The number of nitrogens with zero attached hydrogens (tertiary/aromatic N) is 4. The molecule has 0 aliphatic rings. The Labute approximate surface area is 191 Å². The molecule has 2 aromatic heterocycles. The van der Waals surface area contributed by atoms with E-state index in [0.29, 0.717) is 23.6 Å². The van der Waals surface area contributed by atoms with Gasteiger partial charge in [-0.15, -0.1) is 0 Å². The maximum Gasteiger partial charge on any atom is 0.175 e. The van der Waals surface area contributed by atoms with Crippen LogP contribution >= 0.6 is 20.8 Å². The molecule has 1 unspecified atom stereocenters. The van der Waals surface area contributed by atoms with E-state index in [0.717, 1.165) is 34.4 Å². The van der Waals surface area contributed by atoms with Gasteiger partial charge in [0, 0.05) is 50.8 Å². The highest BCUT2D eigenvalue weighted by molar-refractivity contribution is 7.90. The molecule has 1 atom stereocenters. The lowest BCUT2D eigenvalue weighted by molar-refractivity contribution is 0.215. The minimum absolute atomic E-state index is 0.235. The second-order valence-corrected chi connectivity index (χ2v) is 10.2. The van der Waals surface area contributed by atoms with Gasteiger partial charge in [-0.25, -0.2) is 8.42 Å². The molecular weight excluding hydrogens is 455 g/mol. The summed E-state index contributed by atoms with van der Waals surface area (Å²) in [7, 11) is 2.85. The predicted molar refractivity (Wildman–Crippen MR) is 128 cm³/mol. The maximum atomic E-state index is 12.3. The first-order valence-corrected chi connectivity index (χ1v) is 12.6. The fraction of sp³-hybridized carbons (Fsp3) is 0.429. The summed E-state index contributed by atoms with van der Waals surface area (Å²) in [6, 6.07) is 3.42. The number of hydrogen-bond donors (Lipinski definition) is 0. The Bertz CT molecular complexity index is 1150. The number of methoxy groups -OCH3 is 1. The van der Waals surface area contributed by atoms with Crippen molar-refractivity contribution >= 4 is 36.1 Å². The van der Waals surface area contributed by atoms with Gasteiger partial charge in [0.2, 0.25) is 0 Å². The third-order valence-corrected chi connectivity index (χ3v) is 7.19. The number of halogens is 1. The Morgan fingerprint density at radius 1 is 1.23 bits per heavy atom. The molecular formula is C21H30ClN4O3PS. The third kappa shape index (κ3) is 6.39. The van der Waals surface area contributed by atoms with Crippen molar-refractivity contribution < 1.29 is 13.2 Å². The monoisotopic (exact) mass is 484 g/mol. The zero-order valence-corrected chi connectivity index (χ0v) is 21.5. The molecule has 0 spiro atoms. The second kappa shape index (κ2) is 10.7. The second-order valence-electron chi connectivity index (χ2n) is 7.33. The summed E-state index contributed by atoms with van der Waals surface area (Å²) >= 11 is 6.70. The summed E-state index contributed by atoms with van der Waals surface area (Å²) in [5.74, 6) is 0. The molecule has 0 aliphatic heterocycles. The quantitative estimate of drug-likeness (QED) is 0.502. The Morgan fingerprint density at radius 3 is 2.32 bits per heavy atom. The van der Waals surface area contributed by atoms with Crippen LogP contribution in [0.3, 0.4) is 0 Å². The molecule has 3 aromatic rings. The first kappa shape index (κ1) is 25.5. The molecule has 1 aromatic carbocycles. The van der Waals surface area contributed by atoms with Crippen LogP contribution in [0.4, 0.5) is 0 Å². The molecule has 7 nitrogen and oxygen atoms in total. The van der Waals surface area contributed by atoms with E-state index < -0.39 is 9.84 Å². The van der Waals surface area contributed by atoms with Crippen molar-refractivity contribution in [3.8, 4) is 0 Å². The highest BCUT2D eigenvalue weighted by Gasteiger charge is 2.21. The number of benzene rings is 1. The average molecular weight is 485 g/mol. The van der Waals surface area contributed by atoms with Gasteiger partial charge < -0.3 is 4.74 Å². The van der Waals surface area contributed by atoms with Gasteiger partial charge in [0.1, 0.15) is 0 Å². The molecule has 0 fully saturated rings. The van der Waals surface area contributed by atoms with Gasteiger partial charge >= 0.3 is 0 Å². The number of ether oxygens (including phenoxy) is 1. The van der Waals surface area contributed by atoms with Gasteiger partial charge in [-0.2, -0.15) is 10.2 Å². The topological polar surface area (TPSA) is 79.0 Å². The summed E-state index contributed by atoms with van der Waals surface area (Å²) in [5.41, 5.74) is 5.41. The molecule has 0 N–H and O–H groups in total.